The first kappa shape index (κ1) is 28.0. The smallest absolute Gasteiger partial charge is 0.335 e. The van der Waals surface area contributed by atoms with Crippen molar-refractivity contribution in [1.29, 1.82) is 0 Å². The van der Waals surface area contributed by atoms with Gasteiger partial charge in [0.05, 0.1) is 27.5 Å². The third-order valence-electron chi connectivity index (χ3n) is 6.34. The highest BCUT2D eigenvalue weighted by atomic mass is 79.9. The van der Waals surface area contributed by atoms with E-state index in [1.54, 1.807) is 28.9 Å². The Bertz CT molecular complexity index is 1470. The number of ether oxygens (including phenoxy) is 1. The van der Waals surface area contributed by atoms with E-state index < -0.39 is 5.97 Å². The van der Waals surface area contributed by atoms with E-state index in [2.05, 4.69) is 39.8 Å². The summed E-state index contributed by atoms with van der Waals surface area (Å²) in [5, 5.41) is 14.8. The molecule has 0 unspecified atom stereocenters. The van der Waals surface area contributed by atoms with Crippen molar-refractivity contribution >= 4 is 50.8 Å². The highest BCUT2D eigenvalue weighted by Gasteiger charge is 2.19. The molecule has 0 aliphatic heterocycles. The molecule has 6 nitrogen and oxygen atoms in total. The Kier molecular flexibility index (Phi) is 8.71. The number of carbonyl (C=O) groups is 1. The molecule has 3 aromatic carbocycles. The van der Waals surface area contributed by atoms with Gasteiger partial charge in [0.2, 0.25) is 0 Å². The zero-order valence-corrected chi connectivity index (χ0v) is 24.6. The Morgan fingerprint density at radius 3 is 2.45 bits per heavy atom. The fraction of sp³-hybridized carbons (Fsp3) is 0.241. The second kappa shape index (κ2) is 11.8. The fourth-order valence-electron chi connectivity index (χ4n) is 4.34. The Morgan fingerprint density at radius 1 is 1.13 bits per heavy atom. The molecule has 0 aliphatic rings. The summed E-state index contributed by atoms with van der Waals surface area (Å²) in [6.07, 6.45) is 1.84. The monoisotopic (exact) mass is 615 g/mol. The number of aromatic carboxylic acids is 1. The van der Waals surface area contributed by atoms with Crippen molar-refractivity contribution < 1.29 is 14.6 Å². The van der Waals surface area contributed by atoms with E-state index in [9.17, 15) is 9.90 Å². The van der Waals surface area contributed by atoms with Crippen LogP contribution in [0.15, 0.2) is 65.3 Å². The molecular formula is C29H28BrCl2N3O3. The summed E-state index contributed by atoms with van der Waals surface area (Å²) in [4.78, 5) is 13.3. The number of aromatic nitrogens is 2. The Balaban J connectivity index is 1.53. The van der Waals surface area contributed by atoms with Gasteiger partial charge in [-0.25, -0.2) is 9.48 Å². The molecule has 0 bridgehead atoms. The third-order valence-corrected chi connectivity index (χ3v) is 7.68. The first-order valence-corrected chi connectivity index (χ1v) is 13.6. The molecule has 0 atom stereocenters. The van der Waals surface area contributed by atoms with Crippen LogP contribution in [0.3, 0.4) is 0 Å². The number of aryl methyl sites for hydroxylation is 1. The number of carboxylic acids is 1. The Hall–Kier alpha value is -3.00. The maximum atomic E-state index is 11.2. The van der Waals surface area contributed by atoms with Gasteiger partial charge in [0.1, 0.15) is 18.0 Å². The highest BCUT2D eigenvalue weighted by molar-refractivity contribution is 9.10. The van der Waals surface area contributed by atoms with Crippen LogP contribution < -0.4 is 9.64 Å². The van der Waals surface area contributed by atoms with E-state index in [-0.39, 0.29) is 11.5 Å². The molecule has 0 radical (unpaired) electrons. The normalized spacial score (nSPS) is 11.2. The van der Waals surface area contributed by atoms with Crippen molar-refractivity contribution in [3.63, 3.8) is 0 Å². The first-order valence-electron chi connectivity index (χ1n) is 12.0. The number of carboxylic acid groups (broad SMARTS) is 1. The van der Waals surface area contributed by atoms with Crippen molar-refractivity contribution in [3.05, 3.63) is 103 Å². The number of rotatable bonds is 9. The van der Waals surface area contributed by atoms with Crippen LogP contribution in [0.4, 0.5) is 5.69 Å². The van der Waals surface area contributed by atoms with E-state index in [0.717, 1.165) is 38.3 Å². The van der Waals surface area contributed by atoms with Crippen LogP contribution in [-0.4, -0.2) is 27.9 Å². The van der Waals surface area contributed by atoms with Crippen molar-refractivity contribution in [2.45, 2.75) is 39.8 Å². The standard InChI is InChI=1S/C29H28BrCl2N3O3/c1-17(2)22-14-33-35(28-24(31)6-5-7-25(28)32)27(22)16-38-21-10-11-26(18(3)12-21)34(4)15-20-9-8-19(29(36)37)13-23(20)30/h5-14,17H,15-16H2,1-4H3,(H,36,37). The van der Waals surface area contributed by atoms with Gasteiger partial charge in [-0.15, -0.1) is 0 Å². The maximum Gasteiger partial charge on any atom is 0.335 e. The van der Waals surface area contributed by atoms with Crippen LogP contribution in [-0.2, 0) is 13.2 Å². The van der Waals surface area contributed by atoms with Gasteiger partial charge in [0.25, 0.3) is 0 Å². The number of hydrogen-bond donors (Lipinski definition) is 1. The van der Waals surface area contributed by atoms with Crippen LogP contribution in [0.25, 0.3) is 5.69 Å². The summed E-state index contributed by atoms with van der Waals surface area (Å²) < 4.78 is 8.77. The average Bonchev–Trinajstić information content (AvgIpc) is 3.27. The lowest BCUT2D eigenvalue weighted by molar-refractivity contribution is 0.0697. The number of para-hydroxylation sites is 1. The molecule has 0 aliphatic carbocycles. The summed E-state index contributed by atoms with van der Waals surface area (Å²) in [6.45, 7) is 7.17. The van der Waals surface area contributed by atoms with E-state index in [0.29, 0.717) is 28.9 Å². The quantitative estimate of drug-likeness (QED) is 0.205. The van der Waals surface area contributed by atoms with Crippen molar-refractivity contribution in [2.24, 2.45) is 0 Å². The minimum Gasteiger partial charge on any atom is -0.487 e. The molecule has 198 valence electrons. The maximum absolute atomic E-state index is 11.2. The van der Waals surface area contributed by atoms with Gasteiger partial charge in [0, 0.05) is 23.8 Å². The molecule has 1 heterocycles. The highest BCUT2D eigenvalue weighted by Crippen LogP contribution is 2.33. The van der Waals surface area contributed by atoms with Gasteiger partial charge < -0.3 is 14.7 Å². The molecule has 0 saturated heterocycles. The molecule has 9 heteroatoms. The SMILES string of the molecule is Cc1cc(OCc2c(C(C)C)cnn2-c2c(Cl)cccc2Cl)ccc1N(C)Cc1ccc(C(=O)O)cc1Br. The Labute approximate surface area is 240 Å². The largest absolute Gasteiger partial charge is 0.487 e. The Morgan fingerprint density at radius 2 is 1.84 bits per heavy atom. The lowest BCUT2D eigenvalue weighted by Gasteiger charge is -2.23. The van der Waals surface area contributed by atoms with E-state index in [4.69, 9.17) is 27.9 Å². The lowest BCUT2D eigenvalue weighted by Crippen LogP contribution is -2.18. The molecule has 0 saturated carbocycles. The molecule has 1 aromatic heterocycles. The topological polar surface area (TPSA) is 67.6 Å². The molecule has 38 heavy (non-hydrogen) atoms. The van der Waals surface area contributed by atoms with E-state index in [1.807, 2.05) is 50.5 Å². The van der Waals surface area contributed by atoms with Crippen LogP contribution in [0.2, 0.25) is 10.0 Å². The number of hydrogen-bond acceptors (Lipinski definition) is 4. The minimum atomic E-state index is -0.949. The zero-order valence-electron chi connectivity index (χ0n) is 21.5. The summed E-state index contributed by atoms with van der Waals surface area (Å²) in [5.41, 5.74) is 5.93. The summed E-state index contributed by atoms with van der Waals surface area (Å²) in [6, 6.07) is 16.4. The summed E-state index contributed by atoms with van der Waals surface area (Å²) in [5.74, 6) is 0.0279. The van der Waals surface area contributed by atoms with Gasteiger partial charge in [-0.3, -0.25) is 0 Å². The molecule has 4 aromatic rings. The van der Waals surface area contributed by atoms with Crippen LogP contribution in [0, 0.1) is 6.92 Å². The molecule has 0 amide bonds. The van der Waals surface area contributed by atoms with E-state index >= 15 is 0 Å². The zero-order chi connectivity index (χ0) is 27.6. The average molecular weight is 617 g/mol. The lowest BCUT2D eigenvalue weighted by atomic mass is 10.0. The minimum absolute atomic E-state index is 0.241. The van der Waals surface area contributed by atoms with Crippen molar-refractivity contribution in [1.82, 2.24) is 9.78 Å². The third kappa shape index (κ3) is 6.01. The molecule has 4 rings (SSSR count). The second-order valence-corrected chi connectivity index (χ2v) is 11.1. The van der Waals surface area contributed by atoms with Crippen molar-refractivity contribution in [2.75, 3.05) is 11.9 Å². The van der Waals surface area contributed by atoms with Gasteiger partial charge in [-0.1, -0.05) is 65.1 Å². The first-order chi connectivity index (χ1) is 18.1. The molecular weight excluding hydrogens is 589 g/mol. The number of anilines is 1. The molecule has 0 fully saturated rings. The molecule has 1 N–H and O–H groups in total. The second-order valence-electron chi connectivity index (χ2n) is 9.39. The van der Waals surface area contributed by atoms with Gasteiger partial charge in [-0.2, -0.15) is 5.10 Å². The number of halogens is 3. The summed E-state index contributed by atoms with van der Waals surface area (Å²) >= 11 is 16.5. The predicted molar refractivity (Wildman–Crippen MR) is 156 cm³/mol. The van der Waals surface area contributed by atoms with Crippen LogP contribution in [0.5, 0.6) is 5.75 Å². The predicted octanol–water partition coefficient (Wildman–Crippen LogP) is 8.29. The molecule has 0 spiro atoms. The van der Waals surface area contributed by atoms with Gasteiger partial charge in [0.15, 0.2) is 0 Å². The van der Waals surface area contributed by atoms with Crippen LogP contribution >= 0.6 is 39.1 Å². The number of nitrogens with zero attached hydrogens (tertiary/aromatic N) is 3. The number of benzene rings is 3. The summed E-state index contributed by atoms with van der Waals surface area (Å²) in [7, 11) is 2.00. The van der Waals surface area contributed by atoms with E-state index in [1.165, 1.54) is 0 Å². The van der Waals surface area contributed by atoms with Gasteiger partial charge in [-0.05, 0) is 72.0 Å². The van der Waals surface area contributed by atoms with Crippen LogP contribution in [0.1, 0.15) is 52.5 Å². The van der Waals surface area contributed by atoms with Crippen molar-refractivity contribution in [3.8, 4) is 11.4 Å². The van der Waals surface area contributed by atoms with Gasteiger partial charge >= 0.3 is 5.97 Å². The fourth-order valence-corrected chi connectivity index (χ4v) is 5.41.